The molecule has 0 unspecified atom stereocenters. The smallest absolute Gasteiger partial charge is 0.238 e. The first-order valence-electron chi connectivity index (χ1n) is 26.6. The van der Waals surface area contributed by atoms with Crippen LogP contribution in [0.3, 0.4) is 0 Å². The van der Waals surface area contributed by atoms with E-state index in [2.05, 4.69) is 143 Å². The highest BCUT2D eigenvalue weighted by Gasteiger charge is 2.24. The van der Waals surface area contributed by atoms with Crippen molar-refractivity contribution >= 4 is 55.5 Å². The highest BCUT2D eigenvalue weighted by molar-refractivity contribution is 6.28. The lowest BCUT2D eigenvalue weighted by atomic mass is 10.0. The summed E-state index contributed by atoms with van der Waals surface area (Å²) in [6.07, 6.45) is 4.81. The van der Waals surface area contributed by atoms with Crippen LogP contribution in [0.1, 0.15) is 11.1 Å². The number of hydrogen-bond acceptors (Lipinski definition) is 8. The number of halogens is 1. The van der Waals surface area contributed by atoms with Gasteiger partial charge >= 0.3 is 0 Å². The fraction of sp³-hybridized carbons (Fsp3) is 0.0145. The molecule has 10 aromatic carbocycles. The standard InChI is InChI=1S/C34H22N6.C20H14N2.C15H10ClN3/c1-4-12-23(13-5-1)32-36-33(24-14-6-2-7-15-24)38-34(37-32)40-29-19-11-10-18-26(29)27-20-21-28-31(30(27)40)39(22-35-28)25-16-8-3-9-17-25;1-2-7-15(8-3-1)22-13-21-19-11-10-17-16-9-5-4-6-14(16)12-18(17)20(19)22;16-15-18-13(11-7-3-1-4-8-11)17-14(19-15)12-9-5-2-6-10-12/h1-22H;1-11,13H,12H2;1-10H. The van der Waals surface area contributed by atoms with Crippen molar-refractivity contribution < 1.29 is 0 Å². The minimum absolute atomic E-state index is 0.202. The van der Waals surface area contributed by atoms with E-state index in [0.29, 0.717) is 29.2 Å². The molecule has 0 saturated heterocycles. The number of hydrogen-bond donors (Lipinski definition) is 0. The summed E-state index contributed by atoms with van der Waals surface area (Å²) in [6, 6.07) is 86.0. The molecule has 0 spiro atoms. The molecule has 11 nitrogen and oxygen atoms in total. The van der Waals surface area contributed by atoms with Gasteiger partial charge in [0, 0.05) is 50.8 Å². The quantitative estimate of drug-likeness (QED) is 0.155. The number of imidazole rings is 2. The van der Waals surface area contributed by atoms with Crippen LogP contribution in [-0.4, -0.2) is 53.6 Å². The van der Waals surface area contributed by atoms with Crippen LogP contribution in [-0.2, 0) is 6.42 Å². The molecule has 0 N–H and O–H groups in total. The topological polar surface area (TPSA) is 118 Å². The number of aromatic nitrogens is 11. The van der Waals surface area contributed by atoms with Crippen LogP contribution >= 0.6 is 11.6 Å². The molecule has 0 bridgehead atoms. The summed E-state index contributed by atoms with van der Waals surface area (Å²) in [7, 11) is 0. The van der Waals surface area contributed by atoms with E-state index >= 15 is 0 Å². The van der Waals surface area contributed by atoms with Crippen LogP contribution in [0.4, 0.5) is 0 Å². The molecule has 0 atom stereocenters. The Kier molecular flexibility index (Phi) is 12.7. The average Bonchev–Trinajstić information content (AvgIpc) is 4.38. The molecule has 0 aliphatic heterocycles. The molecule has 1 aliphatic carbocycles. The van der Waals surface area contributed by atoms with Crippen LogP contribution in [0, 0.1) is 0 Å². The van der Waals surface area contributed by atoms with Gasteiger partial charge in [0.05, 0.1) is 33.1 Å². The van der Waals surface area contributed by atoms with E-state index in [1.54, 1.807) is 0 Å². The maximum absolute atomic E-state index is 5.99. The number of para-hydroxylation sites is 3. The summed E-state index contributed by atoms with van der Waals surface area (Å²) in [4.78, 5) is 37.2. The third kappa shape index (κ3) is 9.33. The number of benzene rings is 10. The van der Waals surface area contributed by atoms with Crippen molar-refractivity contribution in [1.29, 1.82) is 0 Å². The van der Waals surface area contributed by atoms with Gasteiger partial charge in [-0.2, -0.15) is 19.9 Å². The summed E-state index contributed by atoms with van der Waals surface area (Å²) in [5.41, 5.74) is 17.7. The molecule has 15 aromatic rings. The van der Waals surface area contributed by atoms with E-state index in [4.69, 9.17) is 31.5 Å². The lowest BCUT2D eigenvalue weighted by molar-refractivity contribution is 0.953. The van der Waals surface area contributed by atoms with Crippen LogP contribution in [0.2, 0.25) is 5.28 Å². The van der Waals surface area contributed by atoms with Crippen molar-refractivity contribution in [1.82, 2.24) is 53.6 Å². The zero-order valence-corrected chi connectivity index (χ0v) is 44.2. The summed E-state index contributed by atoms with van der Waals surface area (Å²) in [5, 5.41) is 2.44. The lowest BCUT2D eigenvalue weighted by Gasteiger charge is -2.12. The van der Waals surface area contributed by atoms with Gasteiger partial charge in [0.2, 0.25) is 11.2 Å². The molecular formula is C69H46ClN11. The zero-order valence-electron chi connectivity index (χ0n) is 43.4. The van der Waals surface area contributed by atoms with Gasteiger partial charge in [-0.1, -0.05) is 206 Å². The summed E-state index contributed by atoms with van der Waals surface area (Å²) < 4.78 is 6.51. The van der Waals surface area contributed by atoms with E-state index in [9.17, 15) is 0 Å². The minimum Gasteiger partial charge on any atom is -0.299 e. The average molecular weight is 1060 g/mol. The molecular weight excluding hydrogens is 1020 g/mol. The van der Waals surface area contributed by atoms with E-state index in [1.807, 2.05) is 158 Å². The molecule has 5 aromatic heterocycles. The van der Waals surface area contributed by atoms with Gasteiger partial charge in [0.1, 0.15) is 12.7 Å². The Labute approximate surface area is 470 Å². The van der Waals surface area contributed by atoms with Gasteiger partial charge in [-0.3, -0.25) is 13.7 Å². The normalized spacial score (nSPS) is 11.5. The van der Waals surface area contributed by atoms with Crippen molar-refractivity contribution in [2.24, 2.45) is 0 Å². The Balaban J connectivity index is 0.000000121. The van der Waals surface area contributed by atoms with Gasteiger partial charge in [0.15, 0.2) is 23.3 Å². The number of rotatable bonds is 7. The van der Waals surface area contributed by atoms with Gasteiger partial charge in [-0.25, -0.2) is 19.9 Å². The molecule has 1 aliphatic rings. The number of fused-ring (bicyclic) bond motifs is 10. The summed E-state index contributed by atoms with van der Waals surface area (Å²) in [5.74, 6) is 2.98. The first-order valence-corrected chi connectivity index (χ1v) is 26.9. The van der Waals surface area contributed by atoms with Crippen LogP contribution in [0.25, 0.3) is 118 Å². The second-order valence-electron chi connectivity index (χ2n) is 19.4. The van der Waals surface area contributed by atoms with Gasteiger partial charge in [-0.05, 0) is 82.4 Å². The van der Waals surface area contributed by atoms with E-state index in [1.165, 1.54) is 27.8 Å². The lowest BCUT2D eigenvalue weighted by Crippen LogP contribution is -2.07. The molecule has 12 heteroatoms. The third-order valence-electron chi connectivity index (χ3n) is 14.5. The van der Waals surface area contributed by atoms with Crippen molar-refractivity contribution in [3.63, 3.8) is 0 Å². The SMILES string of the molecule is Clc1nc(-c2ccccc2)nc(-c2ccccc2)n1.c1ccc(-c2nc(-c3ccccc3)nc(-n3c4ccccc4c4ccc5ncn(-c6ccccc6)c5c43)n2)cc1.c1ccc(-n2cnc3ccc4c(c32)Cc2ccccc2-4)cc1. The van der Waals surface area contributed by atoms with Gasteiger partial charge < -0.3 is 0 Å². The van der Waals surface area contributed by atoms with Crippen LogP contribution < -0.4 is 0 Å². The summed E-state index contributed by atoms with van der Waals surface area (Å²) >= 11 is 5.99. The largest absolute Gasteiger partial charge is 0.299 e. The summed E-state index contributed by atoms with van der Waals surface area (Å²) in [6.45, 7) is 0. The van der Waals surface area contributed by atoms with Crippen LogP contribution in [0.5, 0.6) is 0 Å². The van der Waals surface area contributed by atoms with Crippen molar-refractivity contribution in [3.05, 3.63) is 284 Å². The Morgan fingerprint density at radius 1 is 0.333 bits per heavy atom. The zero-order chi connectivity index (χ0) is 54.1. The molecule has 5 heterocycles. The molecule has 0 fully saturated rings. The monoisotopic (exact) mass is 1060 g/mol. The van der Waals surface area contributed by atoms with E-state index in [-0.39, 0.29) is 5.28 Å². The van der Waals surface area contributed by atoms with Crippen molar-refractivity contribution in [2.75, 3.05) is 0 Å². The number of nitrogens with zero attached hydrogens (tertiary/aromatic N) is 11. The Hall–Kier alpha value is -10.8. The van der Waals surface area contributed by atoms with Crippen molar-refractivity contribution in [3.8, 4) is 74.0 Å². The predicted octanol–water partition coefficient (Wildman–Crippen LogP) is 16.1. The Morgan fingerprint density at radius 3 is 1.31 bits per heavy atom. The van der Waals surface area contributed by atoms with Crippen molar-refractivity contribution in [2.45, 2.75) is 6.42 Å². The third-order valence-corrected chi connectivity index (χ3v) is 14.6. The fourth-order valence-electron chi connectivity index (χ4n) is 10.7. The molecule has 81 heavy (non-hydrogen) atoms. The van der Waals surface area contributed by atoms with Crippen LogP contribution in [0.15, 0.2) is 267 Å². The Morgan fingerprint density at radius 2 is 0.765 bits per heavy atom. The first-order chi connectivity index (χ1) is 40.1. The van der Waals surface area contributed by atoms with Gasteiger partial charge in [0.25, 0.3) is 0 Å². The molecule has 16 rings (SSSR count). The predicted molar refractivity (Wildman–Crippen MR) is 325 cm³/mol. The van der Waals surface area contributed by atoms with E-state index < -0.39 is 0 Å². The highest BCUT2D eigenvalue weighted by atomic mass is 35.5. The highest BCUT2D eigenvalue weighted by Crippen LogP contribution is 2.41. The molecule has 0 amide bonds. The molecule has 0 saturated carbocycles. The first kappa shape index (κ1) is 48.6. The molecule has 384 valence electrons. The maximum Gasteiger partial charge on any atom is 0.238 e. The second kappa shape index (κ2) is 21.2. The van der Waals surface area contributed by atoms with E-state index in [0.717, 1.165) is 78.4 Å². The minimum atomic E-state index is 0.202. The van der Waals surface area contributed by atoms with Gasteiger partial charge in [-0.15, -0.1) is 0 Å². The molecule has 0 radical (unpaired) electrons. The fourth-order valence-corrected chi connectivity index (χ4v) is 10.9. The second-order valence-corrected chi connectivity index (χ2v) is 19.7. The maximum atomic E-state index is 5.99. The Bertz CT molecular complexity index is 4610.